The number of ether oxygens (including phenoxy) is 1. The van der Waals surface area contributed by atoms with Crippen molar-refractivity contribution in [3.05, 3.63) is 29.8 Å². The molecule has 2 nitrogen and oxygen atoms in total. The van der Waals surface area contributed by atoms with Crippen LogP contribution >= 0.6 is 0 Å². The minimum Gasteiger partial charge on any atom is -0.490 e. The van der Waals surface area contributed by atoms with E-state index in [1.54, 1.807) is 0 Å². The van der Waals surface area contributed by atoms with Gasteiger partial charge in [0.2, 0.25) is 0 Å². The molecule has 0 amide bonds. The van der Waals surface area contributed by atoms with Crippen LogP contribution in [0, 0.1) is 11.8 Å². The Morgan fingerprint density at radius 2 is 1.83 bits per heavy atom. The minimum absolute atomic E-state index is 0.301. The number of aliphatic hydroxyl groups is 1. The standard InChI is InChI=1S/C16H22O2/c1-11-2-3-13(10-11)16(17)12-4-6-14(7-5-12)18-15-8-9-15/h4-7,11,13,15-17H,2-3,8-10H2,1H3. The second-order valence-electron chi connectivity index (χ2n) is 6.01. The van der Waals surface area contributed by atoms with E-state index < -0.39 is 0 Å². The van der Waals surface area contributed by atoms with Crippen molar-refractivity contribution >= 4 is 0 Å². The predicted molar refractivity (Wildman–Crippen MR) is 71.6 cm³/mol. The van der Waals surface area contributed by atoms with Crippen LogP contribution in [-0.4, -0.2) is 11.2 Å². The average Bonchev–Trinajstić information content (AvgIpc) is 3.09. The number of hydrogen-bond donors (Lipinski definition) is 1. The molecule has 1 N–H and O–H groups in total. The molecule has 0 radical (unpaired) electrons. The molecule has 98 valence electrons. The van der Waals surface area contributed by atoms with Crippen LogP contribution in [0.5, 0.6) is 5.75 Å². The molecular weight excluding hydrogens is 224 g/mol. The summed E-state index contributed by atoms with van der Waals surface area (Å²) in [5.41, 5.74) is 1.04. The molecule has 0 spiro atoms. The van der Waals surface area contributed by atoms with E-state index in [0.29, 0.717) is 12.0 Å². The SMILES string of the molecule is CC1CCC(C(O)c2ccc(OC3CC3)cc2)C1. The van der Waals surface area contributed by atoms with E-state index in [4.69, 9.17) is 4.74 Å². The second-order valence-corrected chi connectivity index (χ2v) is 6.01. The maximum Gasteiger partial charge on any atom is 0.119 e. The molecule has 2 saturated carbocycles. The van der Waals surface area contributed by atoms with Crippen LogP contribution < -0.4 is 4.74 Å². The van der Waals surface area contributed by atoms with Crippen LogP contribution in [0.25, 0.3) is 0 Å². The van der Waals surface area contributed by atoms with Crippen molar-refractivity contribution in [3.8, 4) is 5.75 Å². The first kappa shape index (κ1) is 12.0. The van der Waals surface area contributed by atoms with E-state index in [-0.39, 0.29) is 6.10 Å². The first-order chi connectivity index (χ1) is 8.72. The van der Waals surface area contributed by atoms with Gasteiger partial charge < -0.3 is 9.84 Å². The molecule has 0 aliphatic heterocycles. The first-order valence-electron chi connectivity index (χ1n) is 7.17. The Morgan fingerprint density at radius 3 is 2.39 bits per heavy atom. The molecule has 1 aromatic rings. The Kier molecular flexibility index (Phi) is 3.29. The summed E-state index contributed by atoms with van der Waals surface area (Å²) in [4.78, 5) is 0. The Bertz CT molecular complexity index is 394. The summed E-state index contributed by atoms with van der Waals surface area (Å²) in [6.07, 6.45) is 6.07. The fourth-order valence-electron chi connectivity index (χ4n) is 2.93. The van der Waals surface area contributed by atoms with Crippen LogP contribution in [0.3, 0.4) is 0 Å². The minimum atomic E-state index is -0.301. The number of rotatable bonds is 4. The number of hydrogen-bond acceptors (Lipinski definition) is 2. The molecule has 0 aromatic heterocycles. The van der Waals surface area contributed by atoms with Crippen LogP contribution in [0.15, 0.2) is 24.3 Å². The monoisotopic (exact) mass is 246 g/mol. The van der Waals surface area contributed by atoms with Gasteiger partial charge in [-0.1, -0.05) is 25.5 Å². The summed E-state index contributed by atoms with van der Waals surface area (Å²) in [6.45, 7) is 2.28. The van der Waals surface area contributed by atoms with Gasteiger partial charge in [-0.05, 0) is 55.2 Å². The highest BCUT2D eigenvalue weighted by Crippen LogP contribution is 2.39. The molecule has 2 aliphatic carbocycles. The molecule has 0 saturated heterocycles. The summed E-state index contributed by atoms with van der Waals surface area (Å²) in [5.74, 6) is 2.14. The van der Waals surface area contributed by atoms with Gasteiger partial charge in [-0.15, -0.1) is 0 Å². The summed E-state index contributed by atoms with van der Waals surface area (Å²) in [6, 6.07) is 8.03. The molecule has 1 aromatic carbocycles. The molecule has 0 heterocycles. The van der Waals surface area contributed by atoms with E-state index in [2.05, 4.69) is 6.92 Å². The van der Waals surface area contributed by atoms with E-state index in [9.17, 15) is 5.11 Å². The third-order valence-electron chi connectivity index (χ3n) is 4.23. The predicted octanol–water partition coefficient (Wildman–Crippen LogP) is 3.70. The zero-order chi connectivity index (χ0) is 12.5. The van der Waals surface area contributed by atoms with E-state index in [1.807, 2.05) is 24.3 Å². The molecule has 3 unspecified atom stereocenters. The van der Waals surface area contributed by atoms with Crippen molar-refractivity contribution in [2.75, 3.05) is 0 Å². The normalized spacial score (nSPS) is 29.2. The van der Waals surface area contributed by atoms with Crippen molar-refractivity contribution in [1.82, 2.24) is 0 Å². The molecule has 0 bridgehead atoms. The zero-order valence-electron chi connectivity index (χ0n) is 11.0. The van der Waals surface area contributed by atoms with Gasteiger partial charge in [0.1, 0.15) is 5.75 Å². The van der Waals surface area contributed by atoms with Gasteiger partial charge >= 0.3 is 0 Å². The molecular formula is C16H22O2. The Balaban J connectivity index is 1.63. The van der Waals surface area contributed by atoms with Crippen molar-refractivity contribution < 1.29 is 9.84 Å². The molecule has 2 heteroatoms. The highest BCUT2D eigenvalue weighted by molar-refractivity contribution is 5.29. The molecule has 3 atom stereocenters. The lowest BCUT2D eigenvalue weighted by atomic mass is 9.93. The number of aliphatic hydroxyl groups excluding tert-OH is 1. The average molecular weight is 246 g/mol. The summed E-state index contributed by atoms with van der Waals surface area (Å²) < 4.78 is 5.72. The van der Waals surface area contributed by atoms with Gasteiger partial charge in [-0.3, -0.25) is 0 Å². The van der Waals surface area contributed by atoms with E-state index in [0.717, 1.165) is 30.1 Å². The lowest BCUT2D eigenvalue weighted by Crippen LogP contribution is -2.09. The Labute approximate surface area is 109 Å². The fraction of sp³-hybridized carbons (Fsp3) is 0.625. The van der Waals surface area contributed by atoms with Gasteiger partial charge in [-0.25, -0.2) is 0 Å². The van der Waals surface area contributed by atoms with Gasteiger partial charge in [0.05, 0.1) is 12.2 Å². The van der Waals surface area contributed by atoms with Gasteiger partial charge in [0.25, 0.3) is 0 Å². The highest BCUT2D eigenvalue weighted by Gasteiger charge is 2.28. The topological polar surface area (TPSA) is 29.5 Å². The molecule has 3 rings (SSSR count). The van der Waals surface area contributed by atoms with Crippen molar-refractivity contribution in [2.45, 2.75) is 51.2 Å². The fourth-order valence-corrected chi connectivity index (χ4v) is 2.93. The third kappa shape index (κ3) is 2.69. The maximum atomic E-state index is 10.4. The maximum absolute atomic E-state index is 10.4. The van der Waals surface area contributed by atoms with Gasteiger partial charge in [0.15, 0.2) is 0 Å². The molecule has 2 aliphatic rings. The lowest BCUT2D eigenvalue weighted by Gasteiger charge is -2.18. The van der Waals surface area contributed by atoms with Crippen molar-refractivity contribution in [2.24, 2.45) is 11.8 Å². The van der Waals surface area contributed by atoms with Crippen LogP contribution in [0.1, 0.15) is 50.7 Å². The van der Waals surface area contributed by atoms with Crippen molar-refractivity contribution in [3.63, 3.8) is 0 Å². The molecule has 2 fully saturated rings. The quantitative estimate of drug-likeness (QED) is 0.877. The largest absolute Gasteiger partial charge is 0.490 e. The summed E-state index contributed by atoms with van der Waals surface area (Å²) in [5, 5.41) is 10.4. The Hall–Kier alpha value is -1.02. The van der Waals surface area contributed by atoms with Gasteiger partial charge in [0, 0.05) is 0 Å². The van der Waals surface area contributed by atoms with Crippen LogP contribution in [0.4, 0.5) is 0 Å². The summed E-state index contributed by atoms with van der Waals surface area (Å²) >= 11 is 0. The van der Waals surface area contributed by atoms with Gasteiger partial charge in [-0.2, -0.15) is 0 Å². The zero-order valence-corrected chi connectivity index (χ0v) is 11.0. The lowest BCUT2D eigenvalue weighted by molar-refractivity contribution is 0.109. The van der Waals surface area contributed by atoms with E-state index >= 15 is 0 Å². The van der Waals surface area contributed by atoms with Crippen LogP contribution in [0.2, 0.25) is 0 Å². The second kappa shape index (κ2) is 4.93. The Morgan fingerprint density at radius 1 is 1.11 bits per heavy atom. The van der Waals surface area contributed by atoms with Crippen LogP contribution in [-0.2, 0) is 0 Å². The smallest absolute Gasteiger partial charge is 0.119 e. The summed E-state index contributed by atoms with van der Waals surface area (Å²) in [7, 11) is 0. The third-order valence-corrected chi connectivity index (χ3v) is 4.23. The highest BCUT2D eigenvalue weighted by atomic mass is 16.5. The van der Waals surface area contributed by atoms with E-state index in [1.165, 1.54) is 19.3 Å². The number of benzene rings is 1. The molecule has 18 heavy (non-hydrogen) atoms. The first-order valence-corrected chi connectivity index (χ1v) is 7.17. The van der Waals surface area contributed by atoms with Crippen molar-refractivity contribution in [1.29, 1.82) is 0 Å².